The highest BCUT2D eigenvalue weighted by atomic mass is 32.1. The predicted octanol–water partition coefficient (Wildman–Crippen LogP) is 5.31. The van der Waals surface area contributed by atoms with Crippen molar-refractivity contribution in [2.24, 2.45) is 5.92 Å². The van der Waals surface area contributed by atoms with Gasteiger partial charge in [-0.05, 0) is 60.7 Å². The van der Waals surface area contributed by atoms with Crippen LogP contribution in [-0.4, -0.2) is 68.2 Å². The Morgan fingerprint density at radius 2 is 1.82 bits per heavy atom. The van der Waals surface area contributed by atoms with Crippen LogP contribution in [0.5, 0.6) is 11.5 Å². The van der Waals surface area contributed by atoms with Crippen molar-refractivity contribution in [2.45, 2.75) is 70.4 Å². The summed E-state index contributed by atoms with van der Waals surface area (Å²) in [5, 5.41) is 2.03. The molecule has 1 aromatic carbocycles. The van der Waals surface area contributed by atoms with Crippen LogP contribution < -0.4 is 9.47 Å². The average Bonchev–Trinajstić information content (AvgIpc) is 3.73. The normalized spacial score (nSPS) is 17.5. The van der Waals surface area contributed by atoms with Gasteiger partial charge in [0.25, 0.3) is 0 Å². The second-order valence-electron chi connectivity index (χ2n) is 10.4. The molecule has 7 nitrogen and oxygen atoms in total. The molecule has 2 aromatic rings. The second-order valence-corrected chi connectivity index (χ2v) is 11.5. The summed E-state index contributed by atoms with van der Waals surface area (Å²) < 4.78 is 16.7. The Bertz CT molecular complexity index is 1020. The quantitative estimate of drug-likeness (QED) is 0.323. The van der Waals surface area contributed by atoms with Crippen molar-refractivity contribution in [1.82, 2.24) is 9.80 Å². The molecule has 1 atom stereocenters. The van der Waals surface area contributed by atoms with E-state index in [-0.39, 0.29) is 24.5 Å². The monoisotopic (exact) mass is 542 g/mol. The average molecular weight is 543 g/mol. The molecular weight excluding hydrogens is 500 g/mol. The number of nitrogens with zero attached hydrogens (tertiary/aromatic N) is 2. The lowest BCUT2D eigenvalue weighted by molar-refractivity contribution is -0.142. The van der Waals surface area contributed by atoms with Crippen molar-refractivity contribution >= 4 is 23.2 Å². The topological polar surface area (TPSA) is 68.3 Å². The Morgan fingerprint density at radius 1 is 1.00 bits per heavy atom. The van der Waals surface area contributed by atoms with E-state index in [0.717, 1.165) is 36.3 Å². The summed E-state index contributed by atoms with van der Waals surface area (Å²) in [7, 11) is 3.25. The van der Waals surface area contributed by atoms with E-state index >= 15 is 0 Å². The third-order valence-corrected chi connectivity index (χ3v) is 8.63. The van der Waals surface area contributed by atoms with Crippen molar-refractivity contribution in [1.29, 1.82) is 0 Å². The molecular formula is C30H42N2O5S. The molecule has 0 spiro atoms. The lowest BCUT2D eigenvalue weighted by Gasteiger charge is -2.29. The van der Waals surface area contributed by atoms with E-state index in [1.807, 2.05) is 34.5 Å². The molecule has 0 bridgehead atoms. The van der Waals surface area contributed by atoms with E-state index in [9.17, 15) is 9.59 Å². The van der Waals surface area contributed by atoms with Crippen molar-refractivity contribution < 1.29 is 23.8 Å². The number of rotatable bonds is 14. The van der Waals surface area contributed by atoms with Crippen LogP contribution in [0.15, 0.2) is 35.7 Å². The van der Waals surface area contributed by atoms with Crippen LogP contribution in [0.25, 0.3) is 0 Å². The Hall–Kier alpha value is -2.58. The van der Waals surface area contributed by atoms with E-state index in [1.165, 1.54) is 25.7 Å². The van der Waals surface area contributed by atoms with Gasteiger partial charge in [-0.15, -0.1) is 11.3 Å². The standard InChI is InChI=1S/C30H42N2O5S/c1-35-27-13-11-24(19-28(27)36-2)15-16-31(21-26-10-6-18-38-26)30(34)22-32(20-25-9-5-17-37-25)29(33)14-12-23-7-3-4-8-23/h6,10-11,13,18-19,23,25H,3-5,7-9,12,14-17,20-22H2,1-2H3. The first-order valence-electron chi connectivity index (χ1n) is 14.0. The molecule has 0 radical (unpaired) electrons. The summed E-state index contributed by atoms with van der Waals surface area (Å²) in [5.41, 5.74) is 1.07. The van der Waals surface area contributed by atoms with Gasteiger partial charge in [-0.3, -0.25) is 9.59 Å². The summed E-state index contributed by atoms with van der Waals surface area (Å²) in [5.74, 6) is 2.07. The van der Waals surface area contributed by atoms with Gasteiger partial charge >= 0.3 is 0 Å². The number of thiophene rings is 1. The van der Waals surface area contributed by atoms with Crippen LogP contribution in [0.3, 0.4) is 0 Å². The molecule has 2 amide bonds. The Balaban J connectivity index is 1.43. The maximum absolute atomic E-state index is 13.7. The van der Waals surface area contributed by atoms with E-state index in [0.29, 0.717) is 49.9 Å². The van der Waals surface area contributed by atoms with Gasteiger partial charge in [-0.25, -0.2) is 0 Å². The molecule has 38 heavy (non-hydrogen) atoms. The Morgan fingerprint density at radius 3 is 2.50 bits per heavy atom. The third kappa shape index (κ3) is 8.21. The molecule has 1 aromatic heterocycles. The van der Waals surface area contributed by atoms with Gasteiger partial charge < -0.3 is 24.0 Å². The van der Waals surface area contributed by atoms with E-state index in [2.05, 4.69) is 6.07 Å². The summed E-state index contributed by atoms with van der Waals surface area (Å²) in [6.45, 7) is 2.42. The van der Waals surface area contributed by atoms with Gasteiger partial charge in [0.05, 0.1) is 33.4 Å². The van der Waals surface area contributed by atoms with Crippen molar-refractivity contribution in [3.8, 4) is 11.5 Å². The van der Waals surface area contributed by atoms with Gasteiger partial charge in [0.2, 0.25) is 11.8 Å². The first-order valence-corrected chi connectivity index (χ1v) is 14.8. The Labute approximate surface area is 231 Å². The van der Waals surface area contributed by atoms with Gasteiger partial charge in [0.1, 0.15) is 0 Å². The fraction of sp³-hybridized carbons (Fsp3) is 0.600. The fourth-order valence-corrected chi connectivity index (χ4v) is 6.24. The van der Waals surface area contributed by atoms with Gasteiger partial charge in [-0.1, -0.05) is 37.8 Å². The maximum atomic E-state index is 13.7. The van der Waals surface area contributed by atoms with Crippen LogP contribution in [0.1, 0.15) is 61.8 Å². The van der Waals surface area contributed by atoms with E-state index in [1.54, 1.807) is 30.5 Å². The third-order valence-electron chi connectivity index (χ3n) is 7.77. The van der Waals surface area contributed by atoms with Crippen LogP contribution in [-0.2, 0) is 27.3 Å². The smallest absolute Gasteiger partial charge is 0.242 e. The van der Waals surface area contributed by atoms with Gasteiger partial charge in [0.15, 0.2) is 11.5 Å². The van der Waals surface area contributed by atoms with Crippen molar-refractivity contribution in [3.05, 3.63) is 46.2 Å². The molecule has 1 aliphatic heterocycles. The fourth-order valence-electron chi connectivity index (χ4n) is 5.52. The maximum Gasteiger partial charge on any atom is 0.242 e. The molecule has 1 aliphatic carbocycles. The summed E-state index contributed by atoms with van der Waals surface area (Å²) >= 11 is 1.64. The number of methoxy groups -OCH3 is 2. The first kappa shape index (κ1) is 28.4. The summed E-state index contributed by atoms with van der Waals surface area (Å²) in [4.78, 5) is 31.8. The number of ether oxygens (including phenoxy) is 3. The molecule has 1 saturated heterocycles. The highest BCUT2D eigenvalue weighted by Crippen LogP contribution is 2.29. The molecule has 8 heteroatoms. The number of amides is 2. The minimum absolute atomic E-state index is 0.0221. The largest absolute Gasteiger partial charge is 0.493 e. The molecule has 0 N–H and O–H groups in total. The molecule has 208 valence electrons. The number of hydrogen-bond donors (Lipinski definition) is 0. The number of benzene rings is 1. The highest BCUT2D eigenvalue weighted by Gasteiger charge is 2.27. The van der Waals surface area contributed by atoms with Crippen molar-refractivity contribution in [2.75, 3.05) is 40.5 Å². The minimum Gasteiger partial charge on any atom is -0.493 e. The van der Waals surface area contributed by atoms with Crippen LogP contribution in [0, 0.1) is 5.92 Å². The van der Waals surface area contributed by atoms with Crippen LogP contribution >= 0.6 is 11.3 Å². The minimum atomic E-state index is -0.0221. The highest BCUT2D eigenvalue weighted by molar-refractivity contribution is 7.09. The Kier molecular flexibility index (Phi) is 10.9. The van der Waals surface area contributed by atoms with Crippen LogP contribution in [0.4, 0.5) is 0 Å². The zero-order chi connectivity index (χ0) is 26.7. The molecule has 1 unspecified atom stereocenters. The van der Waals surface area contributed by atoms with Gasteiger partial charge in [0, 0.05) is 31.0 Å². The first-order chi connectivity index (χ1) is 18.6. The molecule has 4 rings (SSSR count). The second kappa shape index (κ2) is 14.5. The van der Waals surface area contributed by atoms with E-state index < -0.39 is 0 Å². The molecule has 1 saturated carbocycles. The molecule has 2 aliphatic rings. The lowest BCUT2D eigenvalue weighted by Crippen LogP contribution is -2.45. The SMILES string of the molecule is COc1ccc(CCN(Cc2cccs2)C(=O)CN(CC2CCCO2)C(=O)CCC2CCCC2)cc1OC. The molecule has 2 fully saturated rings. The number of carbonyl (C=O) groups excluding carboxylic acids is 2. The molecule has 2 heterocycles. The summed E-state index contributed by atoms with van der Waals surface area (Å²) in [6.07, 6.45) is 9.09. The zero-order valence-electron chi connectivity index (χ0n) is 22.9. The predicted molar refractivity (Wildman–Crippen MR) is 150 cm³/mol. The zero-order valence-corrected chi connectivity index (χ0v) is 23.7. The lowest BCUT2D eigenvalue weighted by atomic mass is 10.0. The van der Waals surface area contributed by atoms with Gasteiger partial charge in [-0.2, -0.15) is 0 Å². The summed E-state index contributed by atoms with van der Waals surface area (Å²) in [6, 6.07) is 9.92. The van der Waals surface area contributed by atoms with Crippen molar-refractivity contribution in [3.63, 3.8) is 0 Å². The van der Waals surface area contributed by atoms with Crippen LogP contribution in [0.2, 0.25) is 0 Å². The number of carbonyl (C=O) groups is 2. The number of hydrogen-bond acceptors (Lipinski definition) is 6. The van der Waals surface area contributed by atoms with E-state index in [4.69, 9.17) is 14.2 Å².